The van der Waals surface area contributed by atoms with Crippen LogP contribution in [-0.4, -0.2) is 57.6 Å². The number of fused-ring (bicyclic) bond motifs is 2. The van der Waals surface area contributed by atoms with Gasteiger partial charge in [-0.15, -0.1) is 0 Å². The number of aromatic nitrogens is 7. The summed E-state index contributed by atoms with van der Waals surface area (Å²) >= 11 is 0. The molecule has 0 aliphatic carbocycles. The highest BCUT2D eigenvalue weighted by molar-refractivity contribution is 6.03. The lowest BCUT2D eigenvalue weighted by Crippen LogP contribution is -2.38. The van der Waals surface area contributed by atoms with Gasteiger partial charge in [0.1, 0.15) is 11.5 Å². The van der Waals surface area contributed by atoms with Crippen molar-refractivity contribution >= 4 is 23.3 Å². The van der Waals surface area contributed by atoms with Crippen LogP contribution in [0.3, 0.4) is 0 Å². The van der Waals surface area contributed by atoms with Gasteiger partial charge in [-0.2, -0.15) is 19.1 Å². The number of imidazole rings is 1. The van der Waals surface area contributed by atoms with Gasteiger partial charge in [0, 0.05) is 42.5 Å². The number of benzene rings is 1. The molecule has 0 saturated heterocycles. The van der Waals surface area contributed by atoms with E-state index in [0.717, 1.165) is 4.52 Å². The van der Waals surface area contributed by atoms with Crippen LogP contribution in [0.5, 0.6) is 0 Å². The Kier molecular flexibility index (Phi) is 6.38. The molecule has 7 rings (SSSR count). The molecular formula is C30H21F2N9O2. The highest BCUT2D eigenvalue weighted by atomic mass is 19.1. The zero-order valence-electron chi connectivity index (χ0n) is 22.4. The Morgan fingerprint density at radius 2 is 1.65 bits per heavy atom. The van der Waals surface area contributed by atoms with Gasteiger partial charge in [0.2, 0.25) is 0 Å². The minimum absolute atomic E-state index is 0.170. The second kappa shape index (κ2) is 10.5. The van der Waals surface area contributed by atoms with Gasteiger partial charge in [0.15, 0.2) is 11.5 Å². The third-order valence-electron chi connectivity index (χ3n) is 7.15. The minimum Gasteiger partial charge on any atom is -0.331 e. The summed E-state index contributed by atoms with van der Waals surface area (Å²) in [4.78, 5) is 39.7. The molecule has 1 aromatic carbocycles. The monoisotopic (exact) mass is 577 g/mol. The number of nitrogens with zero attached hydrogens (tertiary/aromatic N) is 8. The van der Waals surface area contributed by atoms with E-state index in [9.17, 15) is 14.0 Å². The first kappa shape index (κ1) is 26.1. The van der Waals surface area contributed by atoms with Crippen LogP contribution in [0.1, 0.15) is 26.4 Å². The number of nitrogens with one attached hydrogen (secondary N) is 1. The first-order valence-corrected chi connectivity index (χ1v) is 13.3. The summed E-state index contributed by atoms with van der Waals surface area (Å²) in [5.41, 5.74) is 3.65. The molecule has 1 aliphatic rings. The summed E-state index contributed by atoms with van der Waals surface area (Å²) in [6.45, 7) is 1.02. The lowest BCUT2D eigenvalue weighted by atomic mass is 10.0. The van der Waals surface area contributed by atoms with Gasteiger partial charge in [-0.1, -0.05) is 0 Å². The second-order valence-electron chi connectivity index (χ2n) is 9.80. The van der Waals surface area contributed by atoms with Crippen LogP contribution in [-0.2, 0) is 13.1 Å². The number of anilines is 1. The molecule has 0 bridgehead atoms. The second-order valence-corrected chi connectivity index (χ2v) is 9.80. The van der Waals surface area contributed by atoms with Crippen molar-refractivity contribution in [3.05, 3.63) is 114 Å². The van der Waals surface area contributed by atoms with Gasteiger partial charge in [-0.3, -0.25) is 24.2 Å². The molecule has 0 atom stereocenters. The normalized spacial score (nSPS) is 12.7. The Morgan fingerprint density at radius 1 is 0.837 bits per heavy atom. The predicted molar refractivity (Wildman–Crippen MR) is 151 cm³/mol. The predicted octanol–water partition coefficient (Wildman–Crippen LogP) is 4.24. The number of halogens is 2. The third-order valence-corrected chi connectivity index (χ3v) is 7.15. The number of carbonyl (C=O) groups excluding carboxylic acids is 2. The average Bonchev–Trinajstić information content (AvgIpc) is 3.58. The number of pyridine rings is 2. The van der Waals surface area contributed by atoms with Gasteiger partial charge in [0.25, 0.3) is 17.8 Å². The SMILES string of the molecule is O=C(Nc1nc2ccc(-c3c(-c4ccc(F)cc4)nn4c3CN(C(=O)c3cccnc3)CC4)nn2c1F)c1ccncc1. The first-order valence-electron chi connectivity index (χ1n) is 13.3. The van der Waals surface area contributed by atoms with Gasteiger partial charge < -0.3 is 10.2 Å². The Balaban J connectivity index is 1.31. The average molecular weight is 578 g/mol. The fraction of sp³-hybridized carbons (Fsp3) is 0.100. The molecule has 0 saturated carbocycles. The molecule has 0 spiro atoms. The van der Waals surface area contributed by atoms with Crippen LogP contribution in [0, 0.1) is 11.8 Å². The maximum absolute atomic E-state index is 15.6. The van der Waals surface area contributed by atoms with Crippen LogP contribution < -0.4 is 5.32 Å². The van der Waals surface area contributed by atoms with E-state index in [4.69, 9.17) is 5.10 Å². The molecule has 2 amide bonds. The molecule has 0 fully saturated rings. The zero-order valence-corrected chi connectivity index (χ0v) is 22.4. The Hall–Kier alpha value is -5.85. The minimum atomic E-state index is -0.864. The Labute approximate surface area is 242 Å². The van der Waals surface area contributed by atoms with E-state index in [-0.39, 0.29) is 23.9 Å². The summed E-state index contributed by atoms with van der Waals surface area (Å²) in [5.74, 6) is -2.28. The van der Waals surface area contributed by atoms with Crippen LogP contribution in [0.25, 0.3) is 28.2 Å². The molecule has 43 heavy (non-hydrogen) atoms. The van der Waals surface area contributed by atoms with Crippen molar-refractivity contribution < 1.29 is 18.4 Å². The summed E-state index contributed by atoms with van der Waals surface area (Å²) in [6, 6.07) is 15.5. The molecular weight excluding hydrogens is 556 g/mol. The third kappa shape index (κ3) is 4.76. The molecule has 11 nitrogen and oxygen atoms in total. The van der Waals surface area contributed by atoms with Crippen molar-refractivity contribution in [3.8, 4) is 22.5 Å². The molecule has 5 aromatic heterocycles. The van der Waals surface area contributed by atoms with Crippen LogP contribution in [0.2, 0.25) is 0 Å². The summed E-state index contributed by atoms with van der Waals surface area (Å²) in [5, 5.41) is 11.8. The highest BCUT2D eigenvalue weighted by Crippen LogP contribution is 2.36. The Bertz CT molecular complexity index is 1990. The van der Waals surface area contributed by atoms with Crippen molar-refractivity contribution in [2.75, 3.05) is 11.9 Å². The highest BCUT2D eigenvalue weighted by Gasteiger charge is 2.30. The number of hydrogen-bond donors (Lipinski definition) is 1. The van der Waals surface area contributed by atoms with E-state index >= 15 is 4.39 Å². The largest absolute Gasteiger partial charge is 0.331 e. The summed E-state index contributed by atoms with van der Waals surface area (Å²) in [7, 11) is 0. The molecule has 6 aromatic rings. The molecule has 212 valence electrons. The summed E-state index contributed by atoms with van der Waals surface area (Å²) in [6.07, 6.45) is 6.03. The van der Waals surface area contributed by atoms with Crippen molar-refractivity contribution in [1.82, 2.24) is 39.2 Å². The lowest BCUT2D eigenvalue weighted by Gasteiger charge is -2.28. The van der Waals surface area contributed by atoms with E-state index in [1.807, 2.05) is 0 Å². The van der Waals surface area contributed by atoms with Gasteiger partial charge in [0.05, 0.1) is 35.6 Å². The fourth-order valence-corrected chi connectivity index (χ4v) is 5.04. The van der Waals surface area contributed by atoms with Gasteiger partial charge in [-0.25, -0.2) is 9.37 Å². The topological polar surface area (TPSA) is 123 Å². The smallest absolute Gasteiger partial charge is 0.259 e. The van der Waals surface area contributed by atoms with E-state index < -0.39 is 17.7 Å². The van der Waals surface area contributed by atoms with Crippen molar-refractivity contribution in [2.24, 2.45) is 0 Å². The van der Waals surface area contributed by atoms with E-state index in [2.05, 4.69) is 25.4 Å². The number of hydrogen-bond acceptors (Lipinski definition) is 7. The molecule has 6 heterocycles. The number of carbonyl (C=O) groups is 2. The van der Waals surface area contributed by atoms with Gasteiger partial charge >= 0.3 is 0 Å². The first-order chi connectivity index (χ1) is 21.0. The maximum Gasteiger partial charge on any atom is 0.259 e. The number of amides is 2. The van der Waals surface area contributed by atoms with Crippen molar-refractivity contribution in [3.63, 3.8) is 0 Å². The zero-order chi connectivity index (χ0) is 29.5. The van der Waals surface area contributed by atoms with Crippen LogP contribution in [0.4, 0.5) is 14.6 Å². The van der Waals surface area contributed by atoms with Crippen LogP contribution in [0.15, 0.2) is 85.5 Å². The molecule has 0 unspecified atom stereocenters. The molecule has 13 heteroatoms. The molecule has 1 N–H and O–H groups in total. The van der Waals surface area contributed by atoms with E-state index in [0.29, 0.717) is 52.4 Å². The van der Waals surface area contributed by atoms with E-state index in [1.165, 1.54) is 42.9 Å². The maximum atomic E-state index is 15.6. The van der Waals surface area contributed by atoms with Crippen molar-refractivity contribution in [1.29, 1.82) is 0 Å². The van der Waals surface area contributed by atoms with E-state index in [1.54, 1.807) is 52.2 Å². The van der Waals surface area contributed by atoms with Gasteiger partial charge in [-0.05, 0) is 60.7 Å². The molecule has 0 radical (unpaired) electrons. The quantitative estimate of drug-likeness (QED) is 0.325. The molecule has 1 aliphatic heterocycles. The summed E-state index contributed by atoms with van der Waals surface area (Å²) < 4.78 is 32.2. The van der Waals surface area contributed by atoms with Crippen LogP contribution >= 0.6 is 0 Å². The number of rotatable bonds is 5. The van der Waals surface area contributed by atoms with Crippen molar-refractivity contribution in [2.45, 2.75) is 13.1 Å². The fourth-order valence-electron chi connectivity index (χ4n) is 5.04. The standard InChI is InChI=1S/C30H21F2N9O2/c31-21-5-3-18(4-6-21)26-25(23-17-39(14-15-40(23)38-26)30(43)20-2-1-11-34-16-20)22-7-8-24-35-28(27(32)41(24)37-22)36-29(42)19-9-12-33-13-10-19/h1-13,16H,14-15,17H2,(H,36,42). The Morgan fingerprint density at radius 3 is 2.42 bits per heavy atom. The lowest BCUT2D eigenvalue weighted by molar-refractivity contribution is 0.0706.